The van der Waals surface area contributed by atoms with Gasteiger partial charge in [-0.3, -0.25) is 19.2 Å². The number of carbonyl (C=O) groups is 5. The summed E-state index contributed by atoms with van der Waals surface area (Å²) < 4.78 is 77.0. The molecule has 0 radical (unpaired) electrons. The van der Waals surface area contributed by atoms with Gasteiger partial charge in [-0.15, -0.1) is 0 Å². The van der Waals surface area contributed by atoms with Gasteiger partial charge in [-0.2, -0.15) is 13.2 Å². The number of hydrogen-bond donors (Lipinski definition) is 0. The molecule has 0 N–H and O–H groups in total. The van der Waals surface area contributed by atoms with E-state index in [2.05, 4.69) is 0 Å². The molecule has 1 aromatic rings. The molecule has 0 amide bonds. The lowest BCUT2D eigenvalue weighted by Gasteiger charge is -2.43. The average Bonchev–Trinajstić information content (AvgIpc) is 2.85. The van der Waals surface area contributed by atoms with E-state index in [9.17, 15) is 37.1 Å². The Bertz CT molecular complexity index is 1160. The molecule has 1 aromatic carbocycles. The van der Waals surface area contributed by atoms with Crippen molar-refractivity contribution in [1.82, 2.24) is 0 Å². The quantitative estimate of drug-likeness (QED) is 0.171. The van der Waals surface area contributed by atoms with Crippen LogP contribution in [-0.2, 0) is 63.3 Å². The van der Waals surface area contributed by atoms with Gasteiger partial charge in [0.05, 0.1) is 12.2 Å². The predicted molar refractivity (Wildman–Crippen MR) is 129 cm³/mol. The molecule has 1 fully saturated rings. The number of hydrogen-bond acceptors (Lipinski definition) is 12. The molecule has 5 atom stereocenters. The summed E-state index contributed by atoms with van der Waals surface area (Å²) in [5, 5.41) is 0. The van der Waals surface area contributed by atoms with Crippen molar-refractivity contribution in [3.8, 4) is 0 Å². The van der Waals surface area contributed by atoms with Crippen molar-refractivity contribution in [3.05, 3.63) is 41.2 Å². The molecule has 41 heavy (non-hydrogen) atoms. The molecule has 0 bridgehead atoms. The highest BCUT2D eigenvalue weighted by molar-refractivity contribution is 5.91. The molecular weight excluding hydrogens is 561 g/mol. The fourth-order valence-electron chi connectivity index (χ4n) is 3.71. The number of halogens is 3. The topological polar surface area (TPSA) is 150 Å². The van der Waals surface area contributed by atoms with Crippen LogP contribution in [-0.4, -0.2) is 73.8 Å². The monoisotopic (exact) mass is 590 g/mol. The highest BCUT2D eigenvalue weighted by Crippen LogP contribution is 2.33. The number of carbonyl (C=O) groups excluding carboxylic acids is 5. The van der Waals surface area contributed by atoms with Crippen molar-refractivity contribution < 1.29 is 70.3 Å². The van der Waals surface area contributed by atoms with Gasteiger partial charge in [-0.1, -0.05) is 12.1 Å². The number of benzene rings is 1. The standard InChI is InChI=1S/C26H29F3O12/c1-6-35-24(34)19(11-17-8-7-9-18(10-17)26(27,28)29)40-25-23(39-16(5)33)22(38-15(4)32)21(37-14(3)31)20(41-25)12-36-13(2)30/h7-11,20-23,25H,6,12H2,1-5H3/t20-,21-,22+,23-,25-/m0/s1. The van der Waals surface area contributed by atoms with Crippen LogP contribution >= 0.6 is 0 Å². The van der Waals surface area contributed by atoms with Crippen molar-refractivity contribution >= 4 is 35.9 Å². The van der Waals surface area contributed by atoms with Crippen LogP contribution in [0.25, 0.3) is 6.08 Å². The summed E-state index contributed by atoms with van der Waals surface area (Å²) >= 11 is 0. The van der Waals surface area contributed by atoms with Crippen LogP contribution in [0.3, 0.4) is 0 Å². The van der Waals surface area contributed by atoms with Crippen LogP contribution in [0.4, 0.5) is 13.2 Å². The van der Waals surface area contributed by atoms with Gasteiger partial charge in [0, 0.05) is 27.7 Å². The molecule has 1 saturated heterocycles. The zero-order valence-electron chi connectivity index (χ0n) is 22.7. The Balaban J connectivity index is 2.62. The second kappa shape index (κ2) is 14.5. The van der Waals surface area contributed by atoms with Crippen molar-refractivity contribution in [2.75, 3.05) is 13.2 Å². The summed E-state index contributed by atoms with van der Waals surface area (Å²) in [4.78, 5) is 60.1. The minimum atomic E-state index is -4.69. The van der Waals surface area contributed by atoms with Crippen LogP contribution in [0.5, 0.6) is 0 Å². The van der Waals surface area contributed by atoms with Crippen molar-refractivity contribution in [2.45, 2.75) is 71.5 Å². The van der Waals surface area contributed by atoms with E-state index in [0.717, 1.165) is 52.0 Å². The molecule has 15 heteroatoms. The van der Waals surface area contributed by atoms with Gasteiger partial charge < -0.3 is 33.2 Å². The molecule has 1 aliphatic heterocycles. The van der Waals surface area contributed by atoms with Gasteiger partial charge in [-0.25, -0.2) is 4.79 Å². The third-order valence-corrected chi connectivity index (χ3v) is 5.18. The first-order valence-electron chi connectivity index (χ1n) is 12.2. The molecule has 0 aliphatic carbocycles. The largest absolute Gasteiger partial charge is 0.463 e. The zero-order chi connectivity index (χ0) is 30.9. The summed E-state index contributed by atoms with van der Waals surface area (Å²) in [5.41, 5.74) is -1.13. The molecule has 0 spiro atoms. The summed E-state index contributed by atoms with van der Waals surface area (Å²) in [6, 6.07) is 3.92. The fraction of sp³-hybridized carbons (Fsp3) is 0.500. The highest BCUT2D eigenvalue weighted by atomic mass is 19.4. The van der Waals surface area contributed by atoms with E-state index in [1.165, 1.54) is 13.0 Å². The molecule has 0 aromatic heterocycles. The first-order valence-corrected chi connectivity index (χ1v) is 12.2. The molecule has 226 valence electrons. The predicted octanol–water partition coefficient (Wildman–Crippen LogP) is 2.71. The Labute approximate surface area is 232 Å². The smallest absolute Gasteiger partial charge is 0.416 e. The lowest BCUT2D eigenvalue weighted by molar-refractivity contribution is -0.299. The SMILES string of the molecule is CCOC(=O)C(=Cc1cccc(C(F)(F)F)c1)O[C@H]1O[C@@H](COC(C)=O)[C@H](OC(C)=O)[C@@H](OC(C)=O)[C@@H]1OC(C)=O. The van der Waals surface area contributed by atoms with Crippen LogP contribution in [0, 0.1) is 0 Å². The van der Waals surface area contributed by atoms with Crippen molar-refractivity contribution in [1.29, 1.82) is 0 Å². The van der Waals surface area contributed by atoms with Gasteiger partial charge in [0.1, 0.15) is 12.7 Å². The molecule has 0 unspecified atom stereocenters. The fourth-order valence-corrected chi connectivity index (χ4v) is 3.71. The van der Waals surface area contributed by atoms with E-state index in [-0.39, 0.29) is 12.2 Å². The minimum Gasteiger partial charge on any atom is -0.463 e. The van der Waals surface area contributed by atoms with E-state index in [0.29, 0.717) is 0 Å². The Kier molecular flexibility index (Phi) is 11.7. The second-order valence-corrected chi connectivity index (χ2v) is 8.54. The molecule has 1 heterocycles. The molecule has 12 nitrogen and oxygen atoms in total. The van der Waals surface area contributed by atoms with Gasteiger partial charge in [0.15, 0.2) is 12.2 Å². The Morgan fingerprint density at radius 3 is 1.95 bits per heavy atom. The van der Waals surface area contributed by atoms with Crippen LogP contribution in [0.15, 0.2) is 30.0 Å². The zero-order valence-corrected chi connectivity index (χ0v) is 22.7. The highest BCUT2D eigenvalue weighted by Gasteiger charge is 2.53. The van der Waals surface area contributed by atoms with Crippen LogP contribution in [0.2, 0.25) is 0 Å². The van der Waals surface area contributed by atoms with Gasteiger partial charge in [0.25, 0.3) is 0 Å². The maximum absolute atomic E-state index is 13.3. The number of rotatable bonds is 10. The number of esters is 5. The Morgan fingerprint density at radius 1 is 0.829 bits per heavy atom. The van der Waals surface area contributed by atoms with E-state index < -0.39 is 84.7 Å². The summed E-state index contributed by atoms with van der Waals surface area (Å²) in [6.45, 7) is 4.88. The summed E-state index contributed by atoms with van der Waals surface area (Å²) in [6.07, 6.45) is -11.7. The van der Waals surface area contributed by atoms with Crippen molar-refractivity contribution in [2.24, 2.45) is 0 Å². The number of alkyl halides is 3. The second-order valence-electron chi connectivity index (χ2n) is 8.54. The summed E-state index contributed by atoms with van der Waals surface area (Å²) in [5.74, 6) is -5.24. The average molecular weight is 591 g/mol. The lowest BCUT2D eigenvalue weighted by atomic mass is 9.98. The normalized spacial score (nSPS) is 22.6. The maximum Gasteiger partial charge on any atom is 0.416 e. The molecular formula is C26H29F3O12. The Morgan fingerprint density at radius 2 is 1.41 bits per heavy atom. The third-order valence-electron chi connectivity index (χ3n) is 5.18. The van der Waals surface area contributed by atoms with E-state index in [1.807, 2.05) is 0 Å². The van der Waals surface area contributed by atoms with Gasteiger partial charge in [0.2, 0.25) is 18.2 Å². The van der Waals surface area contributed by atoms with Gasteiger partial charge >= 0.3 is 36.0 Å². The first-order chi connectivity index (χ1) is 19.1. The van der Waals surface area contributed by atoms with Crippen LogP contribution in [0.1, 0.15) is 45.7 Å². The first kappa shape index (κ1) is 33.1. The van der Waals surface area contributed by atoms with E-state index in [4.69, 9.17) is 33.2 Å². The van der Waals surface area contributed by atoms with Crippen molar-refractivity contribution in [3.63, 3.8) is 0 Å². The third kappa shape index (κ3) is 10.1. The summed E-state index contributed by atoms with van der Waals surface area (Å²) in [7, 11) is 0. The maximum atomic E-state index is 13.3. The minimum absolute atomic E-state index is 0.117. The van der Waals surface area contributed by atoms with Gasteiger partial charge in [-0.05, 0) is 30.7 Å². The molecule has 1 aliphatic rings. The lowest BCUT2D eigenvalue weighted by Crippen LogP contribution is -2.63. The molecule has 2 rings (SSSR count). The van der Waals surface area contributed by atoms with Crippen LogP contribution < -0.4 is 0 Å². The molecule has 0 saturated carbocycles. The number of ether oxygens (including phenoxy) is 7. The van der Waals surface area contributed by atoms with E-state index in [1.54, 1.807) is 0 Å². The Hall–Kier alpha value is -4.14. The van der Waals surface area contributed by atoms with E-state index >= 15 is 0 Å².